The van der Waals surface area contributed by atoms with E-state index in [-0.39, 0.29) is 5.63 Å². The van der Waals surface area contributed by atoms with Crippen LogP contribution in [-0.2, 0) is 13.1 Å². The Morgan fingerprint density at radius 3 is 2.33 bits per heavy atom. The summed E-state index contributed by atoms with van der Waals surface area (Å²) >= 11 is 5.99. The predicted octanol–water partition coefficient (Wildman–Crippen LogP) is 5.04. The zero-order valence-electron chi connectivity index (χ0n) is 18.8. The van der Waals surface area contributed by atoms with E-state index >= 15 is 0 Å². The third-order valence-electron chi connectivity index (χ3n) is 6.20. The van der Waals surface area contributed by atoms with Crippen LogP contribution in [0.1, 0.15) is 22.6 Å². The molecule has 0 unspecified atom stereocenters. The predicted molar refractivity (Wildman–Crippen MR) is 129 cm³/mol. The van der Waals surface area contributed by atoms with Crippen molar-refractivity contribution in [1.29, 1.82) is 0 Å². The first-order valence-corrected chi connectivity index (χ1v) is 11.5. The van der Waals surface area contributed by atoms with E-state index < -0.39 is 0 Å². The minimum absolute atomic E-state index is 0.292. The average molecular weight is 464 g/mol. The van der Waals surface area contributed by atoms with Gasteiger partial charge in [0.2, 0.25) is 5.89 Å². The summed E-state index contributed by atoms with van der Waals surface area (Å²) in [5.41, 5.74) is 4.37. The van der Waals surface area contributed by atoms with Crippen molar-refractivity contribution < 1.29 is 8.83 Å². The molecular weight excluding hydrogens is 438 g/mol. The van der Waals surface area contributed by atoms with E-state index in [1.807, 2.05) is 50.2 Å². The van der Waals surface area contributed by atoms with Crippen LogP contribution in [0.2, 0.25) is 5.02 Å². The van der Waals surface area contributed by atoms with Crippen LogP contribution >= 0.6 is 11.6 Å². The monoisotopic (exact) mass is 463 g/mol. The van der Waals surface area contributed by atoms with Crippen LogP contribution in [0.5, 0.6) is 0 Å². The zero-order valence-corrected chi connectivity index (χ0v) is 19.6. The highest BCUT2D eigenvalue weighted by molar-refractivity contribution is 6.30. The standard InChI is InChI=1S/C26H26ClN3O3/c1-17-3-8-22-20(14-25(31)33-24(22)13-17)15-29-9-11-30(12-10-29)16-23-18(2)32-26(28-23)19-4-6-21(27)7-5-19/h3-8,13-14H,9-12,15-16H2,1-2H3. The molecular formula is C26H26ClN3O3. The summed E-state index contributed by atoms with van der Waals surface area (Å²) in [6.07, 6.45) is 0. The normalized spacial score (nSPS) is 15.4. The van der Waals surface area contributed by atoms with Gasteiger partial charge >= 0.3 is 5.63 Å². The van der Waals surface area contributed by atoms with Crippen LogP contribution in [0.3, 0.4) is 0 Å². The highest BCUT2D eigenvalue weighted by Crippen LogP contribution is 2.25. The number of rotatable bonds is 5. The summed E-state index contributed by atoms with van der Waals surface area (Å²) in [6.45, 7) is 9.17. The Labute approximate surface area is 197 Å². The molecule has 1 fully saturated rings. The molecule has 0 spiro atoms. The number of nitrogens with zero attached hydrogens (tertiary/aromatic N) is 3. The number of benzene rings is 2. The Bertz CT molecular complexity index is 1340. The topological polar surface area (TPSA) is 62.7 Å². The van der Waals surface area contributed by atoms with Crippen molar-refractivity contribution in [2.24, 2.45) is 0 Å². The van der Waals surface area contributed by atoms with Gasteiger partial charge in [0.05, 0.1) is 5.69 Å². The molecule has 170 valence electrons. The average Bonchev–Trinajstić information content (AvgIpc) is 3.15. The molecule has 5 rings (SSSR count). The maximum atomic E-state index is 12.0. The number of hydrogen-bond donors (Lipinski definition) is 0. The second-order valence-corrected chi connectivity index (χ2v) is 9.11. The largest absolute Gasteiger partial charge is 0.441 e. The lowest BCUT2D eigenvalue weighted by atomic mass is 10.1. The second-order valence-electron chi connectivity index (χ2n) is 8.67. The molecule has 33 heavy (non-hydrogen) atoms. The Hall–Kier alpha value is -2.93. The van der Waals surface area contributed by atoms with Gasteiger partial charge in [0.25, 0.3) is 0 Å². The van der Waals surface area contributed by atoms with E-state index in [0.717, 1.165) is 72.8 Å². The molecule has 0 bridgehead atoms. The molecule has 3 heterocycles. The minimum atomic E-state index is -0.292. The van der Waals surface area contributed by atoms with Crippen LogP contribution in [0.15, 0.2) is 62.2 Å². The van der Waals surface area contributed by atoms with Gasteiger partial charge in [-0.3, -0.25) is 9.80 Å². The van der Waals surface area contributed by atoms with Crippen molar-refractivity contribution in [2.45, 2.75) is 26.9 Å². The number of piperazine rings is 1. The van der Waals surface area contributed by atoms with Gasteiger partial charge in [0, 0.05) is 61.3 Å². The van der Waals surface area contributed by atoms with E-state index in [2.05, 4.69) is 15.9 Å². The quantitative estimate of drug-likeness (QED) is 0.386. The van der Waals surface area contributed by atoms with Gasteiger partial charge in [-0.05, 0) is 55.3 Å². The summed E-state index contributed by atoms with van der Waals surface area (Å²) in [4.78, 5) is 21.6. The molecule has 1 aliphatic heterocycles. The van der Waals surface area contributed by atoms with Crippen molar-refractivity contribution in [3.8, 4) is 11.5 Å². The molecule has 0 amide bonds. The molecule has 2 aromatic heterocycles. The molecule has 0 saturated carbocycles. The van der Waals surface area contributed by atoms with E-state index in [1.54, 1.807) is 6.07 Å². The molecule has 1 saturated heterocycles. The van der Waals surface area contributed by atoms with Gasteiger partial charge in [0.15, 0.2) is 0 Å². The second kappa shape index (κ2) is 9.14. The molecule has 0 aliphatic carbocycles. The molecule has 0 atom stereocenters. The zero-order chi connectivity index (χ0) is 22.9. The number of fused-ring (bicyclic) bond motifs is 1. The summed E-state index contributed by atoms with van der Waals surface area (Å²) in [6, 6.07) is 15.2. The highest BCUT2D eigenvalue weighted by atomic mass is 35.5. The van der Waals surface area contributed by atoms with Gasteiger partial charge < -0.3 is 8.83 Å². The van der Waals surface area contributed by atoms with Gasteiger partial charge in [-0.2, -0.15) is 0 Å². The fraction of sp³-hybridized carbons (Fsp3) is 0.308. The Kier molecular flexibility index (Phi) is 6.06. The molecule has 0 radical (unpaired) electrons. The van der Waals surface area contributed by atoms with Gasteiger partial charge in [0.1, 0.15) is 11.3 Å². The molecule has 6 nitrogen and oxygen atoms in total. The lowest BCUT2D eigenvalue weighted by molar-refractivity contribution is 0.121. The van der Waals surface area contributed by atoms with Crippen LogP contribution in [0.25, 0.3) is 22.4 Å². The van der Waals surface area contributed by atoms with Crippen molar-refractivity contribution in [2.75, 3.05) is 26.2 Å². The van der Waals surface area contributed by atoms with Gasteiger partial charge in [-0.1, -0.05) is 23.7 Å². The Morgan fingerprint density at radius 1 is 0.909 bits per heavy atom. The lowest BCUT2D eigenvalue weighted by Crippen LogP contribution is -2.45. The van der Waals surface area contributed by atoms with Crippen LogP contribution in [0.4, 0.5) is 0 Å². The highest BCUT2D eigenvalue weighted by Gasteiger charge is 2.21. The van der Waals surface area contributed by atoms with Crippen molar-refractivity contribution >= 4 is 22.6 Å². The first-order valence-electron chi connectivity index (χ1n) is 11.1. The fourth-order valence-corrected chi connectivity index (χ4v) is 4.44. The Balaban J connectivity index is 1.23. The van der Waals surface area contributed by atoms with Crippen molar-refractivity contribution in [3.63, 3.8) is 0 Å². The SMILES string of the molecule is Cc1ccc2c(CN3CCN(Cc4nc(-c5ccc(Cl)cc5)oc4C)CC3)cc(=O)oc2c1. The number of hydrogen-bond acceptors (Lipinski definition) is 6. The van der Waals surface area contributed by atoms with Gasteiger partial charge in [-0.15, -0.1) is 0 Å². The third kappa shape index (κ3) is 4.88. The van der Waals surface area contributed by atoms with Crippen molar-refractivity contribution in [3.05, 3.63) is 86.6 Å². The maximum absolute atomic E-state index is 12.0. The van der Waals surface area contributed by atoms with Gasteiger partial charge in [-0.25, -0.2) is 9.78 Å². The lowest BCUT2D eigenvalue weighted by Gasteiger charge is -2.34. The van der Waals surface area contributed by atoms with E-state index in [0.29, 0.717) is 16.5 Å². The summed E-state index contributed by atoms with van der Waals surface area (Å²) in [5, 5.41) is 1.70. The van der Waals surface area contributed by atoms with E-state index in [4.69, 9.17) is 25.4 Å². The summed E-state index contributed by atoms with van der Waals surface area (Å²) < 4.78 is 11.3. The molecule has 4 aromatic rings. The van der Waals surface area contributed by atoms with Crippen LogP contribution in [-0.4, -0.2) is 41.0 Å². The van der Waals surface area contributed by atoms with Crippen LogP contribution in [0, 0.1) is 13.8 Å². The van der Waals surface area contributed by atoms with E-state index in [9.17, 15) is 4.79 Å². The minimum Gasteiger partial charge on any atom is -0.441 e. The number of aryl methyl sites for hydroxylation is 2. The summed E-state index contributed by atoms with van der Waals surface area (Å²) in [5.74, 6) is 1.47. The number of oxazole rings is 1. The molecule has 0 N–H and O–H groups in total. The molecule has 2 aromatic carbocycles. The molecule has 7 heteroatoms. The smallest absolute Gasteiger partial charge is 0.336 e. The van der Waals surface area contributed by atoms with Crippen molar-refractivity contribution in [1.82, 2.24) is 14.8 Å². The number of halogens is 1. The number of aromatic nitrogens is 1. The van der Waals surface area contributed by atoms with E-state index in [1.165, 1.54) is 0 Å². The first kappa shape index (κ1) is 21.9. The first-order chi connectivity index (χ1) is 15.9. The third-order valence-corrected chi connectivity index (χ3v) is 6.45. The Morgan fingerprint density at radius 2 is 1.61 bits per heavy atom. The molecule has 1 aliphatic rings. The van der Waals surface area contributed by atoms with Crippen LogP contribution < -0.4 is 5.63 Å². The fourth-order valence-electron chi connectivity index (χ4n) is 4.32. The summed E-state index contributed by atoms with van der Waals surface area (Å²) in [7, 11) is 0. The maximum Gasteiger partial charge on any atom is 0.336 e.